The Kier molecular flexibility index (Phi) is 4.07. The maximum absolute atomic E-state index is 13.3. The van der Waals surface area contributed by atoms with Crippen LogP contribution < -0.4 is 5.32 Å². The van der Waals surface area contributed by atoms with Gasteiger partial charge in [0.2, 0.25) is 11.8 Å². The van der Waals surface area contributed by atoms with E-state index in [1.54, 1.807) is 0 Å². The van der Waals surface area contributed by atoms with Crippen molar-refractivity contribution >= 4 is 23.4 Å². The van der Waals surface area contributed by atoms with Gasteiger partial charge in [-0.05, 0) is 69.1 Å². The Morgan fingerprint density at radius 2 is 1.52 bits per heavy atom. The summed E-state index contributed by atoms with van der Waals surface area (Å²) in [5, 5.41) is 2.95. The number of carbonyl (C=O) groups excluding carboxylic acids is 2. The van der Waals surface area contributed by atoms with Gasteiger partial charge in [-0.25, -0.2) is 0 Å². The van der Waals surface area contributed by atoms with Crippen molar-refractivity contribution in [2.75, 3.05) is 19.0 Å². The fraction of sp³-hybridized carbons (Fsp3) is 0.889. The zero-order valence-electron chi connectivity index (χ0n) is 13.7. The van der Waals surface area contributed by atoms with E-state index in [0.29, 0.717) is 5.91 Å². The van der Waals surface area contributed by atoms with E-state index in [-0.39, 0.29) is 23.2 Å². The van der Waals surface area contributed by atoms with Crippen LogP contribution in [-0.4, -0.2) is 41.7 Å². The Morgan fingerprint density at radius 3 is 2.00 bits per heavy atom. The molecule has 0 radical (unpaired) electrons. The number of likely N-dealkylation sites (tertiary alicyclic amines) is 1. The lowest BCUT2D eigenvalue weighted by atomic mass is 9.49. The molecule has 1 heterocycles. The van der Waals surface area contributed by atoms with Crippen LogP contribution in [0.15, 0.2) is 0 Å². The first kappa shape index (κ1) is 15.7. The molecule has 1 aliphatic heterocycles. The summed E-state index contributed by atoms with van der Waals surface area (Å²) in [6.45, 7) is 1.57. The van der Waals surface area contributed by atoms with E-state index in [9.17, 15) is 9.59 Å². The van der Waals surface area contributed by atoms with Crippen LogP contribution in [0, 0.1) is 23.2 Å². The van der Waals surface area contributed by atoms with E-state index >= 15 is 0 Å². The number of alkyl halides is 1. The number of amides is 2. The first-order chi connectivity index (χ1) is 11.1. The predicted octanol–water partition coefficient (Wildman–Crippen LogP) is 2.55. The topological polar surface area (TPSA) is 49.4 Å². The number of nitrogens with one attached hydrogen (secondary N) is 1. The molecular formula is C18H27ClN2O2. The molecule has 0 aromatic heterocycles. The molecular weight excluding hydrogens is 312 g/mol. The second-order valence-electron chi connectivity index (χ2n) is 8.47. The number of rotatable bonds is 3. The summed E-state index contributed by atoms with van der Waals surface area (Å²) >= 11 is 5.55. The highest BCUT2D eigenvalue weighted by atomic mass is 35.5. The third-order valence-electron chi connectivity index (χ3n) is 6.76. The van der Waals surface area contributed by atoms with Crippen LogP contribution in [0.5, 0.6) is 0 Å². The summed E-state index contributed by atoms with van der Waals surface area (Å²) in [4.78, 5) is 26.7. The minimum Gasteiger partial charge on any atom is -0.352 e. The molecule has 4 aliphatic carbocycles. The summed E-state index contributed by atoms with van der Waals surface area (Å²) in [6.07, 6.45) is 9.26. The Morgan fingerprint density at radius 1 is 1.00 bits per heavy atom. The van der Waals surface area contributed by atoms with Gasteiger partial charge < -0.3 is 10.2 Å². The van der Waals surface area contributed by atoms with Gasteiger partial charge in [0.25, 0.3) is 0 Å². The molecule has 0 spiro atoms. The molecule has 5 rings (SSSR count). The molecule has 5 heteroatoms. The van der Waals surface area contributed by atoms with Crippen LogP contribution in [0.1, 0.15) is 51.4 Å². The smallest absolute Gasteiger partial charge is 0.235 e. The zero-order chi connectivity index (χ0) is 16.0. The van der Waals surface area contributed by atoms with Gasteiger partial charge in [0.15, 0.2) is 0 Å². The first-order valence-corrected chi connectivity index (χ1v) is 9.76. The quantitative estimate of drug-likeness (QED) is 0.804. The van der Waals surface area contributed by atoms with Crippen molar-refractivity contribution in [1.29, 1.82) is 0 Å². The van der Waals surface area contributed by atoms with Crippen molar-refractivity contribution in [3.05, 3.63) is 0 Å². The van der Waals surface area contributed by atoms with Gasteiger partial charge in [-0.1, -0.05) is 0 Å². The fourth-order valence-electron chi connectivity index (χ4n) is 6.20. The lowest BCUT2D eigenvalue weighted by Crippen LogP contribution is -2.56. The normalized spacial score (nSPS) is 39.5. The van der Waals surface area contributed by atoms with Crippen molar-refractivity contribution in [3.63, 3.8) is 0 Å². The third kappa shape index (κ3) is 2.88. The van der Waals surface area contributed by atoms with E-state index in [1.807, 2.05) is 0 Å². The molecule has 128 valence electrons. The fourth-order valence-corrected chi connectivity index (χ4v) is 6.28. The molecule has 0 atom stereocenters. The van der Waals surface area contributed by atoms with Gasteiger partial charge in [-0.2, -0.15) is 0 Å². The lowest BCUT2D eigenvalue weighted by Gasteiger charge is -2.57. The van der Waals surface area contributed by atoms with Crippen molar-refractivity contribution in [3.8, 4) is 0 Å². The molecule has 0 aromatic carbocycles. The molecule has 4 nitrogen and oxygen atoms in total. The maximum atomic E-state index is 13.3. The van der Waals surface area contributed by atoms with Crippen LogP contribution in [0.25, 0.3) is 0 Å². The van der Waals surface area contributed by atoms with Crippen molar-refractivity contribution in [2.24, 2.45) is 23.2 Å². The van der Waals surface area contributed by atoms with Gasteiger partial charge in [-0.3, -0.25) is 9.59 Å². The van der Waals surface area contributed by atoms with Crippen LogP contribution in [0.3, 0.4) is 0 Å². The molecule has 4 saturated carbocycles. The molecule has 4 bridgehead atoms. The van der Waals surface area contributed by atoms with E-state index in [2.05, 4.69) is 10.2 Å². The standard InChI is InChI=1S/C18H27ClN2O2/c19-11-16(22)20-15-1-3-21(4-2-15)17(23)18-8-12-5-13(9-18)7-14(6-12)10-18/h12-15H,1-11H2,(H,20,22). The van der Waals surface area contributed by atoms with Gasteiger partial charge in [0, 0.05) is 19.1 Å². The minimum absolute atomic E-state index is 0.0203. The molecule has 2 amide bonds. The highest BCUT2D eigenvalue weighted by Gasteiger charge is 2.55. The van der Waals surface area contributed by atoms with Gasteiger partial charge in [0.05, 0.1) is 5.41 Å². The largest absolute Gasteiger partial charge is 0.352 e. The summed E-state index contributed by atoms with van der Waals surface area (Å²) in [7, 11) is 0. The molecule has 0 unspecified atom stereocenters. The zero-order valence-corrected chi connectivity index (χ0v) is 14.5. The number of hydrogen-bond acceptors (Lipinski definition) is 2. The van der Waals surface area contributed by atoms with Crippen LogP contribution in [0.4, 0.5) is 0 Å². The Hall–Kier alpha value is -0.770. The van der Waals surface area contributed by atoms with Crippen molar-refractivity contribution < 1.29 is 9.59 Å². The number of nitrogens with zero attached hydrogens (tertiary/aromatic N) is 1. The molecule has 1 N–H and O–H groups in total. The Balaban J connectivity index is 1.38. The number of halogens is 1. The highest BCUT2D eigenvalue weighted by Crippen LogP contribution is 2.60. The van der Waals surface area contributed by atoms with E-state index < -0.39 is 0 Å². The van der Waals surface area contributed by atoms with Gasteiger partial charge in [-0.15, -0.1) is 11.6 Å². The second-order valence-corrected chi connectivity index (χ2v) is 8.73. The SMILES string of the molecule is O=C(CCl)NC1CCN(C(=O)C23CC4CC(CC(C4)C2)C3)CC1. The average Bonchev–Trinajstić information content (AvgIpc) is 2.53. The van der Waals surface area contributed by atoms with E-state index in [1.165, 1.54) is 19.3 Å². The summed E-state index contributed by atoms with van der Waals surface area (Å²) in [5.41, 5.74) is -0.0268. The lowest BCUT2D eigenvalue weighted by molar-refractivity contribution is -0.158. The molecule has 1 saturated heterocycles. The third-order valence-corrected chi connectivity index (χ3v) is 7.00. The minimum atomic E-state index is -0.0995. The van der Waals surface area contributed by atoms with Gasteiger partial charge in [0.1, 0.15) is 5.88 Å². The summed E-state index contributed by atoms with van der Waals surface area (Å²) in [6, 6.07) is 0.182. The predicted molar refractivity (Wildman–Crippen MR) is 89.1 cm³/mol. The Labute approximate surface area is 143 Å². The van der Waals surface area contributed by atoms with Gasteiger partial charge >= 0.3 is 0 Å². The number of hydrogen-bond donors (Lipinski definition) is 1. The van der Waals surface area contributed by atoms with Crippen LogP contribution in [0.2, 0.25) is 0 Å². The second kappa shape index (κ2) is 5.94. The van der Waals surface area contributed by atoms with Crippen LogP contribution in [-0.2, 0) is 9.59 Å². The van der Waals surface area contributed by atoms with Crippen molar-refractivity contribution in [1.82, 2.24) is 10.2 Å². The summed E-state index contributed by atoms with van der Waals surface area (Å²) < 4.78 is 0. The van der Waals surface area contributed by atoms with E-state index in [0.717, 1.165) is 62.9 Å². The first-order valence-electron chi connectivity index (χ1n) is 9.23. The van der Waals surface area contributed by atoms with Crippen LogP contribution >= 0.6 is 11.6 Å². The maximum Gasteiger partial charge on any atom is 0.235 e. The Bertz CT molecular complexity index is 464. The molecule has 5 aliphatic rings. The van der Waals surface area contributed by atoms with E-state index in [4.69, 9.17) is 11.6 Å². The summed E-state index contributed by atoms with van der Waals surface area (Å²) in [5.74, 6) is 2.78. The number of piperidine rings is 1. The molecule has 23 heavy (non-hydrogen) atoms. The highest BCUT2D eigenvalue weighted by molar-refractivity contribution is 6.27. The average molecular weight is 339 g/mol. The molecule has 5 fully saturated rings. The monoisotopic (exact) mass is 338 g/mol. The van der Waals surface area contributed by atoms with Crippen molar-refractivity contribution in [2.45, 2.75) is 57.4 Å². The number of carbonyl (C=O) groups is 2. The molecule has 0 aromatic rings.